The summed E-state index contributed by atoms with van der Waals surface area (Å²) >= 11 is 1.53. The maximum atomic E-state index is 10.8. The number of aldehydes is 1. The highest BCUT2D eigenvalue weighted by Gasteiger charge is 2.04. The van der Waals surface area contributed by atoms with Gasteiger partial charge in [0.25, 0.3) is 0 Å². The van der Waals surface area contributed by atoms with E-state index in [9.17, 15) is 4.79 Å². The van der Waals surface area contributed by atoms with Crippen LogP contribution in [0.3, 0.4) is 0 Å². The highest BCUT2D eigenvalue weighted by Crippen LogP contribution is 2.30. The SMILES string of the molecule is CN(C)c1ccc(-c2ccc3sc(C=O)cc3c2)cc1. The summed E-state index contributed by atoms with van der Waals surface area (Å²) in [6, 6.07) is 16.8. The Morgan fingerprint density at radius 1 is 0.950 bits per heavy atom. The van der Waals surface area contributed by atoms with Gasteiger partial charge >= 0.3 is 0 Å². The molecule has 0 bridgehead atoms. The van der Waals surface area contributed by atoms with Crippen molar-refractivity contribution in [3.05, 3.63) is 53.4 Å². The fourth-order valence-electron chi connectivity index (χ4n) is 2.25. The summed E-state index contributed by atoms with van der Waals surface area (Å²) in [6.07, 6.45) is 0.913. The molecule has 0 unspecified atom stereocenters. The second-order valence-electron chi connectivity index (χ2n) is 4.96. The van der Waals surface area contributed by atoms with Gasteiger partial charge in [0.15, 0.2) is 6.29 Å². The van der Waals surface area contributed by atoms with Gasteiger partial charge in [-0.1, -0.05) is 18.2 Å². The first kappa shape index (κ1) is 12.9. The molecule has 2 nitrogen and oxygen atoms in total. The number of thiophene rings is 1. The van der Waals surface area contributed by atoms with Gasteiger partial charge in [0.2, 0.25) is 0 Å². The van der Waals surface area contributed by atoms with Crippen molar-refractivity contribution in [3.8, 4) is 11.1 Å². The zero-order valence-electron chi connectivity index (χ0n) is 11.5. The third kappa shape index (κ3) is 2.32. The summed E-state index contributed by atoms with van der Waals surface area (Å²) in [7, 11) is 4.07. The van der Waals surface area contributed by atoms with Crippen molar-refractivity contribution < 1.29 is 4.79 Å². The predicted octanol–water partition coefficient (Wildman–Crippen LogP) is 4.45. The summed E-state index contributed by atoms with van der Waals surface area (Å²) in [5.74, 6) is 0. The van der Waals surface area contributed by atoms with Crippen molar-refractivity contribution >= 4 is 33.4 Å². The Hall–Kier alpha value is -2.13. The summed E-state index contributed by atoms with van der Waals surface area (Å²) in [4.78, 5) is 13.7. The molecule has 3 aromatic rings. The summed E-state index contributed by atoms with van der Waals surface area (Å²) < 4.78 is 1.15. The summed E-state index contributed by atoms with van der Waals surface area (Å²) in [5.41, 5.74) is 3.56. The Morgan fingerprint density at radius 2 is 1.65 bits per heavy atom. The van der Waals surface area contributed by atoms with E-state index in [1.54, 1.807) is 0 Å². The number of benzene rings is 2. The molecule has 0 atom stereocenters. The number of fused-ring (bicyclic) bond motifs is 1. The highest BCUT2D eigenvalue weighted by molar-refractivity contribution is 7.20. The van der Waals surface area contributed by atoms with Crippen LogP contribution in [0.15, 0.2) is 48.5 Å². The minimum Gasteiger partial charge on any atom is -0.378 e. The van der Waals surface area contributed by atoms with Gasteiger partial charge in [-0.3, -0.25) is 4.79 Å². The van der Waals surface area contributed by atoms with Crippen LogP contribution < -0.4 is 4.90 Å². The maximum Gasteiger partial charge on any atom is 0.160 e. The van der Waals surface area contributed by atoms with E-state index in [2.05, 4.69) is 47.4 Å². The van der Waals surface area contributed by atoms with Gasteiger partial charge in [0, 0.05) is 24.5 Å². The summed E-state index contributed by atoms with van der Waals surface area (Å²) in [6.45, 7) is 0. The maximum absolute atomic E-state index is 10.8. The molecule has 0 radical (unpaired) electrons. The molecular weight excluding hydrogens is 266 g/mol. The van der Waals surface area contributed by atoms with Gasteiger partial charge in [-0.05, 0) is 46.8 Å². The molecule has 3 heteroatoms. The van der Waals surface area contributed by atoms with Crippen LogP contribution in [-0.2, 0) is 0 Å². The van der Waals surface area contributed by atoms with E-state index in [4.69, 9.17) is 0 Å². The largest absolute Gasteiger partial charge is 0.378 e. The van der Waals surface area contributed by atoms with Gasteiger partial charge < -0.3 is 4.90 Å². The monoisotopic (exact) mass is 281 g/mol. The molecule has 1 heterocycles. The predicted molar refractivity (Wildman–Crippen MR) is 87.0 cm³/mol. The third-order valence-electron chi connectivity index (χ3n) is 3.37. The van der Waals surface area contributed by atoms with Crippen LogP contribution >= 0.6 is 11.3 Å². The van der Waals surface area contributed by atoms with E-state index in [-0.39, 0.29) is 0 Å². The van der Waals surface area contributed by atoms with E-state index >= 15 is 0 Å². The molecule has 1 aromatic heterocycles. The first-order valence-electron chi connectivity index (χ1n) is 6.44. The van der Waals surface area contributed by atoms with Crippen LogP contribution in [0.2, 0.25) is 0 Å². The number of carbonyl (C=O) groups excluding carboxylic acids is 1. The molecule has 0 aliphatic carbocycles. The molecule has 0 aliphatic rings. The van der Waals surface area contributed by atoms with Crippen molar-refractivity contribution in [3.63, 3.8) is 0 Å². The highest BCUT2D eigenvalue weighted by atomic mass is 32.1. The van der Waals surface area contributed by atoms with Crippen molar-refractivity contribution in [1.29, 1.82) is 0 Å². The molecule has 3 rings (SSSR count). The first-order valence-corrected chi connectivity index (χ1v) is 7.25. The molecule has 20 heavy (non-hydrogen) atoms. The molecule has 0 saturated heterocycles. The van der Waals surface area contributed by atoms with Crippen LogP contribution in [0.4, 0.5) is 5.69 Å². The molecule has 0 fully saturated rings. The molecule has 0 saturated carbocycles. The Morgan fingerprint density at radius 3 is 2.30 bits per heavy atom. The molecular formula is C17H15NOS. The lowest BCUT2D eigenvalue weighted by molar-refractivity contribution is 0.112. The number of rotatable bonds is 3. The molecule has 0 aliphatic heterocycles. The number of hydrogen-bond donors (Lipinski definition) is 0. The van der Waals surface area contributed by atoms with E-state index in [0.29, 0.717) is 0 Å². The van der Waals surface area contributed by atoms with Gasteiger partial charge in [0.1, 0.15) is 0 Å². The van der Waals surface area contributed by atoms with Crippen LogP contribution in [0, 0.1) is 0 Å². The van der Waals surface area contributed by atoms with E-state index in [1.807, 2.05) is 20.2 Å². The topological polar surface area (TPSA) is 20.3 Å². The second-order valence-corrected chi connectivity index (χ2v) is 6.08. The Balaban J connectivity index is 2.02. The van der Waals surface area contributed by atoms with E-state index in [0.717, 1.165) is 21.2 Å². The second kappa shape index (κ2) is 5.10. The Bertz CT molecular complexity index is 756. The lowest BCUT2D eigenvalue weighted by Gasteiger charge is -2.12. The van der Waals surface area contributed by atoms with E-state index < -0.39 is 0 Å². The Labute approximate surface area is 122 Å². The zero-order chi connectivity index (χ0) is 14.1. The first-order chi connectivity index (χ1) is 9.67. The Kier molecular flexibility index (Phi) is 3.28. The number of anilines is 1. The van der Waals surface area contributed by atoms with Crippen LogP contribution in [-0.4, -0.2) is 20.4 Å². The van der Waals surface area contributed by atoms with Crippen molar-refractivity contribution in [2.75, 3.05) is 19.0 Å². The minimum absolute atomic E-state index is 0.778. The molecule has 0 spiro atoms. The van der Waals surface area contributed by atoms with Gasteiger partial charge in [-0.15, -0.1) is 11.3 Å². The van der Waals surface area contributed by atoms with Crippen molar-refractivity contribution in [2.24, 2.45) is 0 Å². The molecule has 0 N–H and O–H groups in total. The van der Waals surface area contributed by atoms with Gasteiger partial charge in [-0.25, -0.2) is 0 Å². The van der Waals surface area contributed by atoms with E-state index in [1.165, 1.54) is 28.2 Å². The number of nitrogens with zero attached hydrogens (tertiary/aromatic N) is 1. The third-order valence-corrected chi connectivity index (χ3v) is 4.41. The fourth-order valence-corrected chi connectivity index (χ4v) is 3.11. The van der Waals surface area contributed by atoms with Gasteiger partial charge in [-0.2, -0.15) is 0 Å². The van der Waals surface area contributed by atoms with Crippen LogP contribution in [0.25, 0.3) is 21.2 Å². The van der Waals surface area contributed by atoms with Gasteiger partial charge in [0.05, 0.1) is 4.88 Å². The zero-order valence-corrected chi connectivity index (χ0v) is 12.3. The number of carbonyl (C=O) groups is 1. The number of hydrogen-bond acceptors (Lipinski definition) is 3. The lowest BCUT2D eigenvalue weighted by atomic mass is 10.0. The van der Waals surface area contributed by atoms with Crippen molar-refractivity contribution in [2.45, 2.75) is 0 Å². The van der Waals surface area contributed by atoms with Crippen molar-refractivity contribution in [1.82, 2.24) is 0 Å². The molecule has 0 amide bonds. The normalized spacial score (nSPS) is 10.7. The van der Waals surface area contributed by atoms with Crippen LogP contribution in [0.5, 0.6) is 0 Å². The lowest BCUT2D eigenvalue weighted by Crippen LogP contribution is -2.07. The molecule has 2 aromatic carbocycles. The standard InChI is InChI=1S/C17H15NOS/c1-18(2)15-6-3-12(4-7-15)13-5-8-17-14(9-13)10-16(11-19)20-17/h3-11H,1-2H3. The fraction of sp³-hybridized carbons (Fsp3) is 0.118. The average Bonchev–Trinajstić information content (AvgIpc) is 2.89. The minimum atomic E-state index is 0.778. The van der Waals surface area contributed by atoms with Crippen LogP contribution in [0.1, 0.15) is 9.67 Å². The summed E-state index contributed by atoms with van der Waals surface area (Å²) in [5, 5.41) is 1.13. The average molecular weight is 281 g/mol. The molecule has 100 valence electrons. The smallest absolute Gasteiger partial charge is 0.160 e. The quantitative estimate of drug-likeness (QED) is 0.661.